The number of para-hydroxylation sites is 1. The Labute approximate surface area is 169 Å². The number of fused-ring (bicyclic) bond motifs is 1. The third-order valence-electron chi connectivity index (χ3n) is 4.83. The van der Waals surface area contributed by atoms with Gasteiger partial charge >= 0.3 is 0 Å². The molecule has 3 aromatic rings. The molecular formula is C23H22N4O2. The summed E-state index contributed by atoms with van der Waals surface area (Å²) in [5.41, 5.74) is 5.00. The van der Waals surface area contributed by atoms with Gasteiger partial charge in [0.1, 0.15) is 5.69 Å². The van der Waals surface area contributed by atoms with E-state index in [-0.39, 0.29) is 11.8 Å². The summed E-state index contributed by atoms with van der Waals surface area (Å²) in [7, 11) is 0. The van der Waals surface area contributed by atoms with Crippen molar-refractivity contribution in [3.8, 4) is 0 Å². The fourth-order valence-electron chi connectivity index (χ4n) is 3.48. The van der Waals surface area contributed by atoms with Gasteiger partial charge in [0.25, 0.3) is 5.91 Å². The van der Waals surface area contributed by atoms with Crippen LogP contribution in [0, 0.1) is 0 Å². The van der Waals surface area contributed by atoms with E-state index in [0.29, 0.717) is 12.2 Å². The van der Waals surface area contributed by atoms with Crippen LogP contribution in [0.25, 0.3) is 0 Å². The Morgan fingerprint density at radius 1 is 0.931 bits per heavy atom. The van der Waals surface area contributed by atoms with Crippen LogP contribution < -0.4 is 15.5 Å². The second-order valence-electron chi connectivity index (χ2n) is 7.00. The van der Waals surface area contributed by atoms with Crippen LogP contribution in [0.3, 0.4) is 0 Å². The zero-order valence-corrected chi connectivity index (χ0v) is 16.2. The number of anilines is 4. The standard InChI is InChI=1S/C23H22N4O2/c1-16(28)25-18-8-10-19(11-9-18)26-20-12-13-21(24-15-20)23(29)27-14-4-6-17-5-2-3-7-22(17)27/h2-3,5,7-13,15,26H,4,6,14H2,1H3,(H,25,28). The molecule has 0 unspecified atom stereocenters. The first-order valence-corrected chi connectivity index (χ1v) is 9.61. The largest absolute Gasteiger partial charge is 0.354 e. The number of hydrogen-bond acceptors (Lipinski definition) is 4. The Morgan fingerprint density at radius 2 is 1.66 bits per heavy atom. The van der Waals surface area contributed by atoms with Crippen molar-refractivity contribution in [2.45, 2.75) is 19.8 Å². The van der Waals surface area contributed by atoms with E-state index >= 15 is 0 Å². The third-order valence-corrected chi connectivity index (χ3v) is 4.83. The van der Waals surface area contributed by atoms with Gasteiger partial charge in [-0.3, -0.25) is 9.59 Å². The van der Waals surface area contributed by atoms with E-state index in [4.69, 9.17) is 0 Å². The lowest BCUT2D eigenvalue weighted by Gasteiger charge is -2.29. The molecule has 2 amide bonds. The summed E-state index contributed by atoms with van der Waals surface area (Å²) < 4.78 is 0. The number of benzene rings is 2. The van der Waals surface area contributed by atoms with Gasteiger partial charge in [-0.15, -0.1) is 0 Å². The van der Waals surface area contributed by atoms with Crippen LogP contribution in [0.1, 0.15) is 29.4 Å². The number of nitrogens with zero attached hydrogens (tertiary/aromatic N) is 2. The van der Waals surface area contributed by atoms with Crippen molar-refractivity contribution in [1.82, 2.24) is 4.98 Å². The molecule has 1 aliphatic heterocycles. The topological polar surface area (TPSA) is 74.3 Å². The van der Waals surface area contributed by atoms with E-state index in [2.05, 4.69) is 21.7 Å². The highest BCUT2D eigenvalue weighted by molar-refractivity contribution is 6.05. The molecule has 1 aromatic heterocycles. The molecule has 0 spiro atoms. The molecule has 0 bridgehead atoms. The normalized spacial score (nSPS) is 12.8. The molecule has 0 saturated carbocycles. The van der Waals surface area contributed by atoms with Gasteiger partial charge in [0.15, 0.2) is 0 Å². The smallest absolute Gasteiger partial charge is 0.276 e. The Hall–Kier alpha value is -3.67. The molecule has 2 aromatic carbocycles. The highest BCUT2D eigenvalue weighted by Crippen LogP contribution is 2.28. The van der Waals surface area contributed by atoms with Gasteiger partial charge in [-0.2, -0.15) is 0 Å². The van der Waals surface area contributed by atoms with Gasteiger partial charge in [-0.25, -0.2) is 4.98 Å². The maximum atomic E-state index is 13.0. The first kappa shape index (κ1) is 18.7. The second-order valence-corrected chi connectivity index (χ2v) is 7.00. The molecule has 4 rings (SSSR count). The average molecular weight is 386 g/mol. The zero-order valence-electron chi connectivity index (χ0n) is 16.2. The summed E-state index contributed by atoms with van der Waals surface area (Å²) in [6, 6.07) is 19.0. The maximum Gasteiger partial charge on any atom is 0.276 e. The van der Waals surface area contributed by atoms with E-state index in [1.807, 2.05) is 53.4 Å². The van der Waals surface area contributed by atoms with Crippen LogP contribution in [-0.4, -0.2) is 23.3 Å². The van der Waals surface area contributed by atoms with Gasteiger partial charge < -0.3 is 15.5 Å². The number of amides is 2. The molecule has 29 heavy (non-hydrogen) atoms. The Kier molecular flexibility index (Phi) is 5.24. The zero-order chi connectivity index (χ0) is 20.2. The first-order chi connectivity index (χ1) is 14.1. The Bertz CT molecular complexity index is 1030. The van der Waals surface area contributed by atoms with Crippen LogP contribution in [-0.2, 0) is 11.2 Å². The van der Waals surface area contributed by atoms with E-state index in [1.54, 1.807) is 12.3 Å². The number of aromatic nitrogens is 1. The number of nitrogens with one attached hydrogen (secondary N) is 2. The van der Waals surface area contributed by atoms with Crippen molar-refractivity contribution < 1.29 is 9.59 Å². The molecule has 1 aliphatic rings. The lowest BCUT2D eigenvalue weighted by Crippen LogP contribution is -2.35. The molecule has 146 valence electrons. The molecule has 0 saturated heterocycles. The first-order valence-electron chi connectivity index (χ1n) is 9.61. The summed E-state index contributed by atoms with van der Waals surface area (Å²) in [6.07, 6.45) is 3.61. The van der Waals surface area contributed by atoms with Crippen molar-refractivity contribution in [1.29, 1.82) is 0 Å². The molecule has 2 N–H and O–H groups in total. The fraction of sp³-hybridized carbons (Fsp3) is 0.174. The van der Waals surface area contributed by atoms with Gasteiger partial charge in [0.2, 0.25) is 5.91 Å². The van der Waals surface area contributed by atoms with Gasteiger partial charge in [0.05, 0.1) is 11.9 Å². The van der Waals surface area contributed by atoms with Crippen molar-refractivity contribution in [2.24, 2.45) is 0 Å². The summed E-state index contributed by atoms with van der Waals surface area (Å²) >= 11 is 0. The van der Waals surface area contributed by atoms with Crippen LogP contribution in [0.15, 0.2) is 66.9 Å². The second kappa shape index (κ2) is 8.14. The summed E-state index contributed by atoms with van der Waals surface area (Å²) in [5, 5.41) is 5.98. The third kappa shape index (κ3) is 4.27. The van der Waals surface area contributed by atoms with E-state index < -0.39 is 0 Å². The minimum absolute atomic E-state index is 0.0802. The summed E-state index contributed by atoms with van der Waals surface area (Å²) in [5.74, 6) is -0.185. The summed E-state index contributed by atoms with van der Waals surface area (Å²) in [4.78, 5) is 30.2. The summed E-state index contributed by atoms with van der Waals surface area (Å²) in [6.45, 7) is 2.18. The van der Waals surface area contributed by atoms with E-state index in [1.165, 1.54) is 12.5 Å². The average Bonchev–Trinajstić information content (AvgIpc) is 2.74. The number of hydrogen-bond donors (Lipinski definition) is 2. The number of pyridine rings is 1. The Morgan fingerprint density at radius 3 is 2.38 bits per heavy atom. The van der Waals surface area contributed by atoms with Gasteiger partial charge in [-0.1, -0.05) is 18.2 Å². The minimum atomic E-state index is -0.105. The maximum absolute atomic E-state index is 13.0. The van der Waals surface area contributed by atoms with Crippen LogP contribution in [0.4, 0.5) is 22.7 Å². The molecule has 0 aliphatic carbocycles. The van der Waals surface area contributed by atoms with Gasteiger partial charge in [-0.05, 0) is 60.9 Å². The van der Waals surface area contributed by atoms with E-state index in [0.717, 1.165) is 35.6 Å². The van der Waals surface area contributed by atoms with Crippen molar-refractivity contribution in [2.75, 3.05) is 22.1 Å². The highest BCUT2D eigenvalue weighted by atomic mass is 16.2. The van der Waals surface area contributed by atoms with Crippen LogP contribution in [0.2, 0.25) is 0 Å². The number of rotatable bonds is 4. The minimum Gasteiger partial charge on any atom is -0.354 e. The van der Waals surface area contributed by atoms with Crippen LogP contribution in [0.5, 0.6) is 0 Å². The molecule has 0 radical (unpaired) electrons. The number of aryl methyl sites for hydroxylation is 1. The number of carbonyl (C=O) groups is 2. The van der Waals surface area contributed by atoms with Crippen molar-refractivity contribution >= 4 is 34.6 Å². The lowest BCUT2D eigenvalue weighted by molar-refractivity contribution is -0.114. The predicted molar refractivity (Wildman–Crippen MR) is 115 cm³/mol. The van der Waals surface area contributed by atoms with Crippen molar-refractivity contribution in [3.63, 3.8) is 0 Å². The van der Waals surface area contributed by atoms with Crippen molar-refractivity contribution in [3.05, 3.63) is 78.1 Å². The molecule has 2 heterocycles. The van der Waals surface area contributed by atoms with Gasteiger partial charge in [0, 0.05) is 30.5 Å². The Balaban J connectivity index is 1.46. The molecule has 6 heteroatoms. The monoisotopic (exact) mass is 386 g/mol. The fourth-order valence-corrected chi connectivity index (χ4v) is 3.48. The lowest BCUT2D eigenvalue weighted by atomic mass is 10.0. The quantitative estimate of drug-likeness (QED) is 0.698. The molecular weight excluding hydrogens is 364 g/mol. The highest BCUT2D eigenvalue weighted by Gasteiger charge is 2.23. The molecule has 6 nitrogen and oxygen atoms in total. The van der Waals surface area contributed by atoms with Crippen LogP contribution >= 0.6 is 0 Å². The molecule has 0 fully saturated rings. The molecule has 0 atom stereocenters. The van der Waals surface area contributed by atoms with E-state index in [9.17, 15) is 9.59 Å². The SMILES string of the molecule is CC(=O)Nc1ccc(Nc2ccc(C(=O)N3CCCc4ccccc43)nc2)cc1. The predicted octanol–water partition coefficient (Wildman–Crippen LogP) is 4.38. The number of carbonyl (C=O) groups excluding carboxylic acids is 2.